The molecule has 1 aromatic heterocycles. The highest BCUT2D eigenvalue weighted by atomic mass is 35.5. The van der Waals surface area contributed by atoms with Crippen LogP contribution in [0.5, 0.6) is 0 Å². The fourth-order valence-electron chi connectivity index (χ4n) is 3.23. The van der Waals surface area contributed by atoms with Gasteiger partial charge in [-0.05, 0) is 45.4 Å². The number of anilines is 1. The fraction of sp³-hybridized carbons (Fsp3) is 0.476. The first kappa shape index (κ1) is 22.0. The van der Waals surface area contributed by atoms with E-state index in [1.54, 1.807) is 0 Å². The molecule has 0 bridgehead atoms. The van der Waals surface area contributed by atoms with Crippen LogP contribution in [0.1, 0.15) is 50.6 Å². The molecular weight excluding hydrogens is 408 g/mol. The lowest BCUT2D eigenvalue weighted by molar-refractivity contribution is 0.0219. The molecule has 0 saturated heterocycles. The van der Waals surface area contributed by atoms with Crippen molar-refractivity contribution >= 4 is 23.6 Å². The predicted molar refractivity (Wildman–Crippen MR) is 115 cm³/mol. The molecule has 0 fully saturated rings. The summed E-state index contributed by atoms with van der Waals surface area (Å²) in [5.74, 6) is 0.314. The van der Waals surface area contributed by atoms with Gasteiger partial charge in [-0.2, -0.15) is 0 Å². The van der Waals surface area contributed by atoms with Gasteiger partial charge in [0.1, 0.15) is 12.7 Å². The van der Waals surface area contributed by atoms with Gasteiger partial charge in [0.05, 0.1) is 23.8 Å². The molecule has 0 radical (unpaired) electrons. The van der Waals surface area contributed by atoms with E-state index in [9.17, 15) is 9.59 Å². The Morgan fingerprint density at radius 3 is 2.53 bits per heavy atom. The van der Waals surface area contributed by atoms with Crippen molar-refractivity contribution < 1.29 is 14.4 Å². The number of fused-ring (bicyclic) bond motifs is 1. The van der Waals surface area contributed by atoms with Gasteiger partial charge in [0.15, 0.2) is 0 Å². The van der Waals surface area contributed by atoms with Gasteiger partial charge in [0.25, 0.3) is 5.56 Å². The summed E-state index contributed by atoms with van der Waals surface area (Å²) in [6.07, 6.45) is 0.00772. The van der Waals surface area contributed by atoms with E-state index in [2.05, 4.69) is 10.3 Å². The van der Waals surface area contributed by atoms with Crippen LogP contribution < -0.4 is 15.7 Å². The zero-order valence-corrected chi connectivity index (χ0v) is 18.6. The zero-order chi connectivity index (χ0) is 22.1. The lowest BCUT2D eigenvalue weighted by atomic mass is 10.1. The van der Waals surface area contributed by atoms with E-state index in [0.717, 1.165) is 10.3 Å². The molecule has 2 heterocycles. The Bertz CT molecular complexity index is 982. The number of carbonyl (C=O) groups is 1. The van der Waals surface area contributed by atoms with Crippen LogP contribution in [0.4, 0.5) is 10.7 Å². The molecule has 1 amide bonds. The third-order valence-electron chi connectivity index (χ3n) is 4.74. The van der Waals surface area contributed by atoms with Crippen LogP contribution in [-0.2, 0) is 17.7 Å². The molecule has 1 aromatic carbocycles. The number of nitrogens with one attached hydrogen (secondary N) is 1. The number of benzene rings is 1. The van der Waals surface area contributed by atoms with Gasteiger partial charge in [-0.15, -0.1) is 4.73 Å². The van der Waals surface area contributed by atoms with Crippen molar-refractivity contribution in [3.8, 4) is 0 Å². The minimum Gasteiger partial charge on any atom is -0.444 e. The number of amides is 1. The maximum Gasteiger partial charge on any atom is 0.410 e. The SMILES string of the molecule is COn1c(N[C@@H](C)c2ccc(Cl)cc2)nc2c(c1=O)CN(C(=O)OC(C)(C)C)CC2. The lowest BCUT2D eigenvalue weighted by Gasteiger charge is -2.31. The van der Waals surface area contributed by atoms with E-state index in [-0.39, 0.29) is 18.1 Å². The second-order valence-electron chi connectivity index (χ2n) is 8.21. The van der Waals surface area contributed by atoms with Gasteiger partial charge in [0.2, 0.25) is 5.95 Å². The van der Waals surface area contributed by atoms with Crippen LogP contribution in [0.3, 0.4) is 0 Å². The highest BCUT2D eigenvalue weighted by Crippen LogP contribution is 2.22. The van der Waals surface area contributed by atoms with Crippen LogP contribution in [0.2, 0.25) is 5.02 Å². The summed E-state index contributed by atoms with van der Waals surface area (Å²) in [5.41, 5.74) is 1.12. The lowest BCUT2D eigenvalue weighted by Crippen LogP contribution is -2.44. The Kier molecular flexibility index (Phi) is 6.26. The molecule has 9 heteroatoms. The Morgan fingerprint density at radius 2 is 1.93 bits per heavy atom. The van der Waals surface area contributed by atoms with Crippen LogP contribution in [0, 0.1) is 0 Å². The van der Waals surface area contributed by atoms with Gasteiger partial charge in [-0.25, -0.2) is 9.78 Å². The molecule has 30 heavy (non-hydrogen) atoms. The number of carbonyl (C=O) groups excluding carboxylic acids is 1. The molecule has 0 aliphatic carbocycles. The number of aromatic nitrogens is 2. The molecule has 0 spiro atoms. The molecule has 8 nitrogen and oxygen atoms in total. The number of halogens is 1. The second kappa shape index (κ2) is 8.55. The molecular formula is C21H27ClN4O4. The van der Waals surface area contributed by atoms with Gasteiger partial charge < -0.3 is 19.8 Å². The quantitative estimate of drug-likeness (QED) is 0.793. The van der Waals surface area contributed by atoms with E-state index < -0.39 is 11.7 Å². The smallest absolute Gasteiger partial charge is 0.410 e. The van der Waals surface area contributed by atoms with Crippen molar-refractivity contribution in [2.45, 2.75) is 52.3 Å². The molecule has 1 aliphatic rings. The van der Waals surface area contributed by atoms with Crippen molar-refractivity contribution in [2.24, 2.45) is 0 Å². The molecule has 1 atom stereocenters. The van der Waals surface area contributed by atoms with Crippen LogP contribution in [0.25, 0.3) is 0 Å². The van der Waals surface area contributed by atoms with Gasteiger partial charge in [-0.1, -0.05) is 23.7 Å². The van der Waals surface area contributed by atoms with E-state index in [0.29, 0.717) is 35.2 Å². The molecule has 1 aliphatic heterocycles. The normalized spacial score (nSPS) is 14.7. The first-order chi connectivity index (χ1) is 14.1. The van der Waals surface area contributed by atoms with Gasteiger partial charge in [-0.3, -0.25) is 4.79 Å². The van der Waals surface area contributed by atoms with Crippen molar-refractivity contribution in [3.63, 3.8) is 0 Å². The van der Waals surface area contributed by atoms with Gasteiger partial charge in [0, 0.05) is 18.0 Å². The first-order valence-electron chi connectivity index (χ1n) is 9.78. The molecule has 162 valence electrons. The Morgan fingerprint density at radius 1 is 1.27 bits per heavy atom. The van der Waals surface area contributed by atoms with E-state index in [1.807, 2.05) is 52.0 Å². The minimum absolute atomic E-state index is 0.129. The Hall–Kier alpha value is -2.74. The summed E-state index contributed by atoms with van der Waals surface area (Å²) >= 11 is 5.96. The largest absolute Gasteiger partial charge is 0.444 e. The minimum atomic E-state index is -0.603. The molecule has 2 aromatic rings. The monoisotopic (exact) mass is 434 g/mol. The van der Waals surface area contributed by atoms with Crippen molar-refractivity contribution in [1.82, 2.24) is 14.6 Å². The van der Waals surface area contributed by atoms with Crippen molar-refractivity contribution in [3.05, 3.63) is 56.5 Å². The maximum absolute atomic E-state index is 13.0. The summed E-state index contributed by atoms with van der Waals surface area (Å²) < 4.78 is 6.54. The van der Waals surface area contributed by atoms with Crippen molar-refractivity contribution in [2.75, 3.05) is 19.0 Å². The van der Waals surface area contributed by atoms with Gasteiger partial charge >= 0.3 is 6.09 Å². The molecule has 0 saturated carbocycles. The third kappa shape index (κ3) is 4.87. The molecule has 3 rings (SSSR count). The number of hydrogen-bond acceptors (Lipinski definition) is 6. The number of ether oxygens (including phenoxy) is 1. The summed E-state index contributed by atoms with van der Waals surface area (Å²) in [6.45, 7) is 7.94. The average Bonchev–Trinajstić information content (AvgIpc) is 2.67. The van der Waals surface area contributed by atoms with Crippen LogP contribution in [-0.4, -0.2) is 40.0 Å². The zero-order valence-electron chi connectivity index (χ0n) is 17.9. The first-order valence-corrected chi connectivity index (χ1v) is 10.2. The Balaban J connectivity index is 1.86. The summed E-state index contributed by atoms with van der Waals surface area (Å²) in [7, 11) is 1.40. The molecule has 0 unspecified atom stereocenters. The highest BCUT2D eigenvalue weighted by Gasteiger charge is 2.29. The number of hydrogen-bond donors (Lipinski definition) is 1. The van der Waals surface area contributed by atoms with E-state index in [4.69, 9.17) is 21.2 Å². The third-order valence-corrected chi connectivity index (χ3v) is 4.99. The second-order valence-corrected chi connectivity index (χ2v) is 8.65. The standard InChI is InChI=1S/C21H27ClN4O4/c1-13(14-6-8-15(22)9-7-14)23-19-24-17-10-11-25(20(28)30-21(2,3)4)12-16(17)18(27)26(19)29-5/h6-9,13H,10-12H2,1-5H3,(H,23,24)/t13-/m0/s1. The van der Waals surface area contributed by atoms with E-state index in [1.165, 1.54) is 12.0 Å². The van der Waals surface area contributed by atoms with Crippen LogP contribution in [0.15, 0.2) is 29.1 Å². The highest BCUT2D eigenvalue weighted by molar-refractivity contribution is 6.30. The summed E-state index contributed by atoms with van der Waals surface area (Å²) in [5, 5.41) is 3.89. The fourth-order valence-corrected chi connectivity index (χ4v) is 3.36. The van der Waals surface area contributed by atoms with Crippen molar-refractivity contribution in [1.29, 1.82) is 0 Å². The average molecular weight is 435 g/mol. The number of rotatable bonds is 4. The predicted octanol–water partition coefficient (Wildman–Crippen LogP) is 3.42. The molecule has 1 N–H and O–H groups in total. The topological polar surface area (TPSA) is 85.7 Å². The summed E-state index contributed by atoms with van der Waals surface area (Å²) in [4.78, 5) is 36.9. The van der Waals surface area contributed by atoms with Crippen LogP contribution >= 0.6 is 11.6 Å². The van der Waals surface area contributed by atoms with E-state index >= 15 is 0 Å². The number of nitrogens with zero attached hydrogens (tertiary/aromatic N) is 3. The Labute approximate surface area is 180 Å². The summed E-state index contributed by atoms with van der Waals surface area (Å²) in [6, 6.07) is 7.31. The maximum atomic E-state index is 13.0.